The molecule has 0 radical (unpaired) electrons. The van der Waals surface area contributed by atoms with Crippen LogP contribution in [0.15, 0.2) is 0 Å². The van der Waals surface area contributed by atoms with Gasteiger partial charge in [-0.05, 0) is 33.2 Å². The molecule has 1 heterocycles. The average Bonchev–Trinajstić information content (AvgIpc) is 2.66. The number of aliphatic hydroxyl groups excluding tert-OH is 1. The first-order chi connectivity index (χ1) is 7.54. The Labute approximate surface area is 98.4 Å². The molecule has 2 aliphatic rings. The monoisotopic (exact) mass is 227 g/mol. The van der Waals surface area contributed by atoms with Gasteiger partial charge in [0.2, 0.25) is 0 Å². The normalized spacial score (nSPS) is 42.8. The molecule has 16 heavy (non-hydrogen) atoms. The highest BCUT2D eigenvalue weighted by Gasteiger charge is 2.39. The third kappa shape index (κ3) is 2.40. The van der Waals surface area contributed by atoms with E-state index in [1.54, 1.807) is 0 Å². The van der Waals surface area contributed by atoms with Gasteiger partial charge in [0, 0.05) is 37.3 Å². The van der Waals surface area contributed by atoms with Crippen LogP contribution in [0.2, 0.25) is 0 Å². The van der Waals surface area contributed by atoms with E-state index in [0.717, 1.165) is 38.9 Å². The first kappa shape index (κ1) is 12.3. The molecule has 1 saturated heterocycles. The molecule has 0 aromatic rings. The Morgan fingerprint density at radius 1 is 1.44 bits per heavy atom. The molecule has 94 valence electrons. The van der Waals surface area contributed by atoms with Crippen molar-refractivity contribution in [1.82, 2.24) is 9.80 Å². The molecule has 4 heteroatoms. The van der Waals surface area contributed by atoms with Crippen molar-refractivity contribution in [2.45, 2.75) is 43.8 Å². The summed E-state index contributed by atoms with van der Waals surface area (Å²) in [6.45, 7) is 5.85. The van der Waals surface area contributed by atoms with E-state index in [1.165, 1.54) is 0 Å². The van der Waals surface area contributed by atoms with Gasteiger partial charge < -0.3 is 15.7 Å². The maximum Gasteiger partial charge on any atom is 0.0611 e. The Kier molecular flexibility index (Phi) is 3.54. The molecular weight excluding hydrogens is 202 g/mol. The predicted octanol–water partition coefficient (Wildman–Crippen LogP) is -0.135. The van der Waals surface area contributed by atoms with Crippen molar-refractivity contribution in [2.75, 3.05) is 33.3 Å². The van der Waals surface area contributed by atoms with Crippen molar-refractivity contribution in [3.05, 3.63) is 0 Å². The third-order valence-electron chi connectivity index (χ3n) is 4.44. The van der Waals surface area contributed by atoms with Crippen LogP contribution in [0.25, 0.3) is 0 Å². The largest absolute Gasteiger partial charge is 0.394 e. The molecule has 3 unspecified atom stereocenters. The molecule has 2 rings (SSSR count). The van der Waals surface area contributed by atoms with Gasteiger partial charge >= 0.3 is 0 Å². The topological polar surface area (TPSA) is 52.7 Å². The number of rotatable bonds is 2. The van der Waals surface area contributed by atoms with E-state index in [4.69, 9.17) is 5.73 Å². The zero-order valence-corrected chi connectivity index (χ0v) is 10.5. The predicted molar refractivity (Wildman–Crippen MR) is 65.3 cm³/mol. The Balaban J connectivity index is 1.90. The second-order valence-corrected chi connectivity index (χ2v) is 5.74. The number of piperazine rings is 1. The first-order valence-corrected chi connectivity index (χ1v) is 6.38. The van der Waals surface area contributed by atoms with Crippen LogP contribution in [0.4, 0.5) is 0 Å². The standard InChI is InChI=1S/C12H25N3O/c1-10-8-15(6-5-14(10)2)11-3-4-12(13,7-11)9-16/h10-11,16H,3-9,13H2,1-2H3. The second-order valence-electron chi connectivity index (χ2n) is 5.74. The van der Waals surface area contributed by atoms with Crippen LogP contribution in [-0.4, -0.2) is 65.8 Å². The Morgan fingerprint density at radius 2 is 2.19 bits per heavy atom. The maximum absolute atomic E-state index is 9.28. The van der Waals surface area contributed by atoms with Crippen LogP contribution in [0, 0.1) is 0 Å². The van der Waals surface area contributed by atoms with Crippen molar-refractivity contribution in [3.63, 3.8) is 0 Å². The van der Waals surface area contributed by atoms with Gasteiger partial charge in [-0.15, -0.1) is 0 Å². The lowest BCUT2D eigenvalue weighted by atomic mass is 10.00. The van der Waals surface area contributed by atoms with Gasteiger partial charge in [-0.1, -0.05) is 0 Å². The van der Waals surface area contributed by atoms with Crippen LogP contribution < -0.4 is 5.73 Å². The van der Waals surface area contributed by atoms with Crippen LogP contribution in [0.3, 0.4) is 0 Å². The molecule has 1 aliphatic heterocycles. The fourth-order valence-corrected chi connectivity index (χ4v) is 2.99. The van der Waals surface area contributed by atoms with Crippen LogP contribution >= 0.6 is 0 Å². The summed E-state index contributed by atoms with van der Waals surface area (Å²) < 4.78 is 0. The highest BCUT2D eigenvalue weighted by Crippen LogP contribution is 2.31. The molecule has 3 N–H and O–H groups in total. The fourth-order valence-electron chi connectivity index (χ4n) is 2.99. The Bertz CT molecular complexity index is 246. The SMILES string of the molecule is CC1CN(C2CCC(N)(CO)C2)CCN1C. The van der Waals surface area contributed by atoms with E-state index in [-0.39, 0.29) is 12.1 Å². The molecule has 0 amide bonds. The molecule has 0 aromatic carbocycles. The Hall–Kier alpha value is -0.160. The summed E-state index contributed by atoms with van der Waals surface area (Å²) in [5.41, 5.74) is 5.82. The van der Waals surface area contributed by atoms with Crippen molar-refractivity contribution < 1.29 is 5.11 Å². The Morgan fingerprint density at radius 3 is 2.75 bits per heavy atom. The molecule has 2 fully saturated rings. The summed E-state index contributed by atoms with van der Waals surface area (Å²) >= 11 is 0. The second kappa shape index (κ2) is 4.61. The first-order valence-electron chi connectivity index (χ1n) is 6.38. The number of nitrogens with two attached hydrogens (primary N) is 1. The lowest BCUT2D eigenvalue weighted by molar-refractivity contribution is 0.0695. The van der Waals surface area contributed by atoms with Gasteiger partial charge in [0.25, 0.3) is 0 Å². The number of hydrogen-bond donors (Lipinski definition) is 2. The molecule has 1 saturated carbocycles. The summed E-state index contributed by atoms with van der Waals surface area (Å²) in [5.74, 6) is 0. The van der Waals surface area contributed by atoms with Crippen molar-refractivity contribution in [1.29, 1.82) is 0 Å². The summed E-state index contributed by atoms with van der Waals surface area (Å²) in [5, 5.41) is 9.28. The van der Waals surface area contributed by atoms with E-state index >= 15 is 0 Å². The lowest BCUT2D eigenvalue weighted by Gasteiger charge is -2.41. The molecule has 0 bridgehead atoms. The molecular formula is C12H25N3O. The van der Waals surface area contributed by atoms with Crippen molar-refractivity contribution in [3.8, 4) is 0 Å². The molecule has 4 nitrogen and oxygen atoms in total. The van der Waals surface area contributed by atoms with Crippen molar-refractivity contribution >= 4 is 0 Å². The van der Waals surface area contributed by atoms with E-state index < -0.39 is 0 Å². The van der Waals surface area contributed by atoms with E-state index in [2.05, 4.69) is 23.8 Å². The minimum absolute atomic E-state index is 0.132. The molecule has 1 aliphatic carbocycles. The molecule has 3 atom stereocenters. The minimum atomic E-state index is -0.308. The van der Waals surface area contributed by atoms with E-state index in [1.807, 2.05) is 0 Å². The summed E-state index contributed by atoms with van der Waals surface area (Å²) in [6, 6.07) is 1.23. The highest BCUT2D eigenvalue weighted by molar-refractivity contribution is 4.98. The van der Waals surface area contributed by atoms with Gasteiger partial charge in [-0.3, -0.25) is 4.90 Å². The lowest BCUT2D eigenvalue weighted by Crippen LogP contribution is -2.53. The van der Waals surface area contributed by atoms with E-state index in [9.17, 15) is 5.11 Å². The fraction of sp³-hybridized carbons (Fsp3) is 1.00. The smallest absolute Gasteiger partial charge is 0.0611 e. The quantitative estimate of drug-likeness (QED) is 0.690. The highest BCUT2D eigenvalue weighted by atomic mass is 16.3. The van der Waals surface area contributed by atoms with Gasteiger partial charge in [0.05, 0.1) is 6.61 Å². The molecule has 0 spiro atoms. The van der Waals surface area contributed by atoms with Gasteiger partial charge in [0.15, 0.2) is 0 Å². The number of aliphatic hydroxyl groups is 1. The number of nitrogens with zero attached hydrogens (tertiary/aromatic N) is 2. The third-order valence-corrected chi connectivity index (χ3v) is 4.44. The van der Waals surface area contributed by atoms with Gasteiger partial charge in [0.1, 0.15) is 0 Å². The van der Waals surface area contributed by atoms with Crippen LogP contribution in [-0.2, 0) is 0 Å². The molecule has 0 aromatic heterocycles. The van der Waals surface area contributed by atoms with Crippen LogP contribution in [0.1, 0.15) is 26.2 Å². The summed E-state index contributed by atoms with van der Waals surface area (Å²) in [7, 11) is 2.19. The summed E-state index contributed by atoms with van der Waals surface area (Å²) in [6.07, 6.45) is 3.07. The zero-order chi connectivity index (χ0) is 11.8. The maximum atomic E-state index is 9.28. The zero-order valence-electron chi connectivity index (χ0n) is 10.5. The minimum Gasteiger partial charge on any atom is -0.394 e. The number of likely N-dealkylation sites (N-methyl/N-ethyl adjacent to an activating group) is 1. The van der Waals surface area contributed by atoms with Gasteiger partial charge in [-0.2, -0.15) is 0 Å². The van der Waals surface area contributed by atoms with Crippen LogP contribution in [0.5, 0.6) is 0 Å². The van der Waals surface area contributed by atoms with E-state index in [0.29, 0.717) is 12.1 Å². The average molecular weight is 227 g/mol. The number of hydrogen-bond acceptors (Lipinski definition) is 4. The summed E-state index contributed by atoms with van der Waals surface area (Å²) in [4.78, 5) is 4.97. The van der Waals surface area contributed by atoms with Crippen molar-refractivity contribution in [2.24, 2.45) is 5.73 Å². The van der Waals surface area contributed by atoms with Gasteiger partial charge in [-0.25, -0.2) is 0 Å².